The SMILES string of the molecule is NC(CC(=O)NCCc1ccccc1Cl)c1ccc(C(=O)Nc2ccncc2)cc1. The quantitative estimate of drug-likeness (QED) is 0.515. The maximum absolute atomic E-state index is 12.3. The third-order valence-corrected chi connectivity index (χ3v) is 4.99. The van der Waals surface area contributed by atoms with Crippen molar-refractivity contribution in [3.8, 4) is 0 Å². The van der Waals surface area contributed by atoms with E-state index in [2.05, 4.69) is 15.6 Å². The zero-order chi connectivity index (χ0) is 21.3. The molecule has 0 aliphatic heterocycles. The van der Waals surface area contributed by atoms with Gasteiger partial charge in [-0.05, 0) is 47.9 Å². The van der Waals surface area contributed by atoms with Crippen LogP contribution in [0.3, 0.4) is 0 Å². The van der Waals surface area contributed by atoms with Crippen molar-refractivity contribution in [1.29, 1.82) is 0 Å². The molecule has 1 atom stereocenters. The second-order valence-corrected chi connectivity index (χ2v) is 7.22. The molecule has 0 fully saturated rings. The predicted octanol–water partition coefficient (Wildman–Crippen LogP) is 3.74. The molecule has 7 heteroatoms. The van der Waals surface area contributed by atoms with Gasteiger partial charge in [-0.3, -0.25) is 14.6 Å². The summed E-state index contributed by atoms with van der Waals surface area (Å²) in [6.07, 6.45) is 4.03. The minimum absolute atomic E-state index is 0.130. The summed E-state index contributed by atoms with van der Waals surface area (Å²) in [4.78, 5) is 28.4. The van der Waals surface area contributed by atoms with E-state index >= 15 is 0 Å². The first-order valence-corrected chi connectivity index (χ1v) is 9.98. The molecule has 3 rings (SSSR count). The fourth-order valence-corrected chi connectivity index (χ4v) is 3.18. The Kier molecular flexibility index (Phi) is 7.54. The van der Waals surface area contributed by atoms with E-state index in [-0.39, 0.29) is 18.2 Å². The molecule has 1 aromatic heterocycles. The fourth-order valence-electron chi connectivity index (χ4n) is 2.95. The highest BCUT2D eigenvalue weighted by molar-refractivity contribution is 6.31. The van der Waals surface area contributed by atoms with Crippen molar-refractivity contribution in [2.75, 3.05) is 11.9 Å². The van der Waals surface area contributed by atoms with Gasteiger partial charge < -0.3 is 16.4 Å². The van der Waals surface area contributed by atoms with Gasteiger partial charge in [0.15, 0.2) is 0 Å². The van der Waals surface area contributed by atoms with Crippen LogP contribution in [0, 0.1) is 0 Å². The highest BCUT2D eigenvalue weighted by atomic mass is 35.5. The molecule has 0 spiro atoms. The highest BCUT2D eigenvalue weighted by Crippen LogP contribution is 2.17. The molecular formula is C23H23ClN4O2. The van der Waals surface area contributed by atoms with Gasteiger partial charge in [0.2, 0.25) is 5.91 Å². The van der Waals surface area contributed by atoms with Crippen molar-refractivity contribution in [3.63, 3.8) is 0 Å². The van der Waals surface area contributed by atoms with E-state index < -0.39 is 6.04 Å². The molecule has 0 aliphatic rings. The molecule has 154 valence electrons. The van der Waals surface area contributed by atoms with Crippen molar-refractivity contribution in [2.45, 2.75) is 18.9 Å². The molecule has 0 saturated carbocycles. The van der Waals surface area contributed by atoms with Crippen molar-refractivity contribution in [3.05, 3.63) is 94.8 Å². The van der Waals surface area contributed by atoms with Crippen molar-refractivity contribution in [1.82, 2.24) is 10.3 Å². The lowest BCUT2D eigenvalue weighted by Crippen LogP contribution is -2.29. The van der Waals surface area contributed by atoms with E-state index in [1.807, 2.05) is 24.3 Å². The third kappa shape index (κ3) is 6.14. The summed E-state index contributed by atoms with van der Waals surface area (Å²) >= 11 is 6.12. The van der Waals surface area contributed by atoms with E-state index in [1.54, 1.807) is 48.8 Å². The summed E-state index contributed by atoms with van der Waals surface area (Å²) in [5, 5.41) is 6.36. The summed E-state index contributed by atoms with van der Waals surface area (Å²) in [6, 6.07) is 17.5. The number of anilines is 1. The zero-order valence-electron chi connectivity index (χ0n) is 16.3. The first kappa shape index (κ1) is 21.5. The topological polar surface area (TPSA) is 97.1 Å². The summed E-state index contributed by atoms with van der Waals surface area (Å²) in [5.41, 5.74) is 9.12. The summed E-state index contributed by atoms with van der Waals surface area (Å²) in [7, 11) is 0. The molecule has 0 saturated heterocycles. The Labute approximate surface area is 180 Å². The average Bonchev–Trinajstić information content (AvgIpc) is 2.76. The standard InChI is InChI=1S/C23H23ClN4O2/c24-20-4-2-1-3-16(20)9-14-27-22(29)15-21(25)17-5-7-18(8-6-17)23(30)28-19-10-12-26-13-11-19/h1-8,10-13,21H,9,14-15,25H2,(H,27,29)(H,26,28,30). The largest absolute Gasteiger partial charge is 0.356 e. The molecule has 0 bridgehead atoms. The number of amides is 2. The minimum atomic E-state index is -0.456. The van der Waals surface area contributed by atoms with E-state index in [4.69, 9.17) is 17.3 Å². The number of carbonyl (C=O) groups excluding carboxylic acids is 2. The first-order valence-electron chi connectivity index (χ1n) is 9.60. The Morgan fingerprint density at radius 3 is 2.40 bits per heavy atom. The number of benzene rings is 2. The molecule has 4 N–H and O–H groups in total. The van der Waals surface area contributed by atoms with Gasteiger partial charge in [-0.2, -0.15) is 0 Å². The molecule has 0 aliphatic carbocycles. The maximum Gasteiger partial charge on any atom is 0.255 e. The van der Waals surface area contributed by atoms with E-state index in [9.17, 15) is 9.59 Å². The third-order valence-electron chi connectivity index (χ3n) is 4.62. The highest BCUT2D eigenvalue weighted by Gasteiger charge is 2.13. The second-order valence-electron chi connectivity index (χ2n) is 6.81. The van der Waals surface area contributed by atoms with Crippen LogP contribution in [0.4, 0.5) is 5.69 Å². The lowest BCUT2D eigenvalue weighted by molar-refractivity contribution is -0.121. The Morgan fingerprint density at radius 2 is 1.70 bits per heavy atom. The molecule has 1 heterocycles. The molecule has 1 unspecified atom stereocenters. The number of pyridine rings is 1. The summed E-state index contributed by atoms with van der Waals surface area (Å²) in [6.45, 7) is 0.489. The van der Waals surface area contributed by atoms with Crippen LogP contribution < -0.4 is 16.4 Å². The number of rotatable bonds is 8. The molecule has 3 aromatic rings. The van der Waals surface area contributed by atoms with Gasteiger partial charge in [0.05, 0.1) is 0 Å². The number of carbonyl (C=O) groups is 2. The van der Waals surface area contributed by atoms with Gasteiger partial charge in [0.25, 0.3) is 5.91 Å². The van der Waals surface area contributed by atoms with Crippen LogP contribution in [0.1, 0.15) is 33.9 Å². The van der Waals surface area contributed by atoms with Crippen LogP contribution in [-0.4, -0.2) is 23.3 Å². The lowest BCUT2D eigenvalue weighted by Gasteiger charge is -2.13. The average molecular weight is 423 g/mol. The van der Waals surface area contributed by atoms with Crippen molar-refractivity contribution >= 4 is 29.1 Å². The summed E-state index contributed by atoms with van der Waals surface area (Å²) < 4.78 is 0. The van der Waals surface area contributed by atoms with Gasteiger partial charge in [0.1, 0.15) is 0 Å². The Morgan fingerprint density at radius 1 is 1.00 bits per heavy atom. The minimum Gasteiger partial charge on any atom is -0.356 e. The van der Waals surface area contributed by atoms with E-state index in [1.165, 1.54) is 0 Å². The molecule has 0 radical (unpaired) electrons. The number of aromatic nitrogens is 1. The van der Waals surface area contributed by atoms with E-state index in [0.29, 0.717) is 29.2 Å². The Hall–Kier alpha value is -3.22. The normalized spacial score (nSPS) is 11.5. The van der Waals surface area contributed by atoms with Crippen LogP contribution in [-0.2, 0) is 11.2 Å². The number of nitrogens with two attached hydrogens (primary N) is 1. The first-order chi connectivity index (χ1) is 14.5. The number of nitrogens with zero attached hydrogens (tertiary/aromatic N) is 1. The van der Waals surface area contributed by atoms with Crippen LogP contribution in [0.15, 0.2) is 73.1 Å². The summed E-state index contributed by atoms with van der Waals surface area (Å²) in [5.74, 6) is -0.354. The van der Waals surface area contributed by atoms with Gasteiger partial charge in [0, 0.05) is 47.7 Å². The molecule has 2 amide bonds. The lowest BCUT2D eigenvalue weighted by atomic mass is 10.0. The molecular weight excluding hydrogens is 400 g/mol. The van der Waals surface area contributed by atoms with Crippen LogP contribution in [0.5, 0.6) is 0 Å². The number of hydrogen-bond donors (Lipinski definition) is 3. The molecule has 6 nitrogen and oxygen atoms in total. The molecule has 30 heavy (non-hydrogen) atoms. The molecule has 2 aromatic carbocycles. The second kappa shape index (κ2) is 10.5. The monoisotopic (exact) mass is 422 g/mol. The number of halogens is 1. The van der Waals surface area contributed by atoms with Crippen molar-refractivity contribution < 1.29 is 9.59 Å². The van der Waals surface area contributed by atoms with Crippen LogP contribution in [0.25, 0.3) is 0 Å². The Bertz CT molecular complexity index is 994. The van der Waals surface area contributed by atoms with Gasteiger partial charge in [-0.25, -0.2) is 0 Å². The van der Waals surface area contributed by atoms with E-state index in [0.717, 1.165) is 11.1 Å². The smallest absolute Gasteiger partial charge is 0.255 e. The zero-order valence-corrected chi connectivity index (χ0v) is 17.1. The van der Waals surface area contributed by atoms with Gasteiger partial charge >= 0.3 is 0 Å². The Balaban J connectivity index is 1.48. The predicted molar refractivity (Wildman–Crippen MR) is 118 cm³/mol. The van der Waals surface area contributed by atoms with Gasteiger partial charge in [-0.1, -0.05) is 41.9 Å². The van der Waals surface area contributed by atoms with Crippen LogP contribution >= 0.6 is 11.6 Å². The van der Waals surface area contributed by atoms with Gasteiger partial charge in [-0.15, -0.1) is 0 Å². The number of hydrogen-bond acceptors (Lipinski definition) is 4. The number of nitrogens with one attached hydrogen (secondary N) is 2. The van der Waals surface area contributed by atoms with Crippen molar-refractivity contribution in [2.24, 2.45) is 5.73 Å². The maximum atomic E-state index is 12.3. The fraction of sp³-hybridized carbons (Fsp3) is 0.174. The van der Waals surface area contributed by atoms with Crippen LogP contribution in [0.2, 0.25) is 5.02 Å².